The third-order valence-electron chi connectivity index (χ3n) is 4.47. The second-order valence-electron chi connectivity index (χ2n) is 6.87. The van der Waals surface area contributed by atoms with Gasteiger partial charge in [0.15, 0.2) is 6.04 Å². The molecule has 0 radical (unpaired) electrons. The second kappa shape index (κ2) is 5.94. The predicted octanol–water partition coefficient (Wildman–Crippen LogP) is 3.72. The standard InChI is InChI=1S/C17H16F3N3O3/c1-16(2)9-22(21-15(16)24)14(17(18,19)20)12-7-8-13(23(25)26)11-6-4-3-5-10(11)12/h3-8,14H,9H2,1-2H3,(H,21,24)/t14-/m0/s1. The lowest BCUT2D eigenvalue weighted by Gasteiger charge is -2.30. The van der Waals surface area contributed by atoms with E-state index < -0.39 is 28.5 Å². The highest BCUT2D eigenvalue weighted by Crippen LogP contribution is 2.43. The van der Waals surface area contributed by atoms with E-state index in [9.17, 15) is 28.1 Å². The van der Waals surface area contributed by atoms with Crippen LogP contribution in [0.25, 0.3) is 10.8 Å². The van der Waals surface area contributed by atoms with Gasteiger partial charge in [0.1, 0.15) is 0 Å². The average molecular weight is 367 g/mol. The lowest BCUT2D eigenvalue weighted by atomic mass is 9.92. The van der Waals surface area contributed by atoms with Crippen LogP contribution in [0.15, 0.2) is 36.4 Å². The molecule has 1 heterocycles. The minimum atomic E-state index is -4.69. The number of nitrogens with one attached hydrogen (secondary N) is 1. The van der Waals surface area contributed by atoms with E-state index in [0.29, 0.717) is 0 Å². The van der Waals surface area contributed by atoms with Crippen LogP contribution in [0.4, 0.5) is 18.9 Å². The van der Waals surface area contributed by atoms with E-state index in [1.165, 1.54) is 24.3 Å². The number of carbonyl (C=O) groups is 1. The van der Waals surface area contributed by atoms with Crippen molar-refractivity contribution in [1.82, 2.24) is 10.4 Å². The summed E-state index contributed by atoms with van der Waals surface area (Å²) in [6.45, 7) is 2.98. The Balaban J connectivity index is 2.19. The Labute approximate surface area is 146 Å². The van der Waals surface area contributed by atoms with Crippen LogP contribution in [-0.2, 0) is 4.79 Å². The first-order chi connectivity index (χ1) is 12.0. The molecule has 1 N–H and O–H groups in total. The van der Waals surface area contributed by atoms with Gasteiger partial charge in [-0.2, -0.15) is 13.2 Å². The summed E-state index contributed by atoms with van der Waals surface area (Å²) in [5.41, 5.74) is 0.910. The van der Waals surface area contributed by atoms with Gasteiger partial charge >= 0.3 is 6.18 Å². The predicted molar refractivity (Wildman–Crippen MR) is 88.0 cm³/mol. The highest BCUT2D eigenvalue weighted by molar-refractivity contribution is 5.93. The molecule has 26 heavy (non-hydrogen) atoms. The summed E-state index contributed by atoms with van der Waals surface area (Å²) in [5.74, 6) is -0.502. The number of nitro benzene ring substituents is 1. The van der Waals surface area contributed by atoms with Crippen LogP contribution < -0.4 is 5.43 Å². The maximum atomic E-state index is 13.9. The smallest absolute Gasteiger partial charge is 0.287 e. The number of halogens is 3. The molecule has 0 bridgehead atoms. The Bertz CT molecular complexity index is 896. The molecule has 138 valence electrons. The number of benzene rings is 2. The molecule has 0 spiro atoms. The van der Waals surface area contributed by atoms with Crippen LogP contribution in [0.1, 0.15) is 25.5 Å². The van der Waals surface area contributed by atoms with Gasteiger partial charge in [-0.25, -0.2) is 5.01 Å². The summed E-state index contributed by atoms with van der Waals surface area (Å²) in [6.07, 6.45) is -4.69. The van der Waals surface area contributed by atoms with Crippen LogP contribution in [-0.4, -0.2) is 28.6 Å². The van der Waals surface area contributed by atoms with E-state index in [2.05, 4.69) is 5.43 Å². The van der Waals surface area contributed by atoms with Crippen LogP contribution in [0.2, 0.25) is 0 Å². The zero-order valence-electron chi connectivity index (χ0n) is 14.0. The quantitative estimate of drug-likeness (QED) is 0.663. The Morgan fingerprint density at radius 3 is 2.31 bits per heavy atom. The number of carbonyl (C=O) groups excluding carboxylic acids is 1. The van der Waals surface area contributed by atoms with Gasteiger partial charge in [-0.15, -0.1) is 0 Å². The van der Waals surface area contributed by atoms with Gasteiger partial charge < -0.3 is 0 Å². The molecule has 0 aromatic heterocycles. The fourth-order valence-corrected chi connectivity index (χ4v) is 3.20. The lowest BCUT2D eigenvalue weighted by Crippen LogP contribution is -2.43. The Morgan fingerprint density at radius 1 is 1.19 bits per heavy atom. The van der Waals surface area contributed by atoms with Crippen molar-refractivity contribution >= 4 is 22.4 Å². The molecule has 6 nitrogen and oxygen atoms in total. The molecule has 0 aliphatic carbocycles. The van der Waals surface area contributed by atoms with E-state index in [-0.39, 0.29) is 28.6 Å². The number of rotatable bonds is 3. The van der Waals surface area contributed by atoms with Crippen molar-refractivity contribution in [2.24, 2.45) is 5.41 Å². The molecule has 9 heteroatoms. The van der Waals surface area contributed by atoms with E-state index in [1.807, 2.05) is 0 Å². The molecule has 1 saturated heterocycles. The molecule has 1 aliphatic heterocycles. The zero-order chi connectivity index (χ0) is 19.3. The first kappa shape index (κ1) is 18.1. The molecule has 1 aliphatic rings. The van der Waals surface area contributed by atoms with Crippen molar-refractivity contribution in [2.45, 2.75) is 26.1 Å². The summed E-state index contributed by atoms with van der Waals surface area (Å²) < 4.78 is 41.7. The summed E-state index contributed by atoms with van der Waals surface area (Å²) >= 11 is 0. The number of nitrogens with zero attached hydrogens (tertiary/aromatic N) is 2. The van der Waals surface area contributed by atoms with E-state index in [4.69, 9.17) is 0 Å². The maximum Gasteiger partial charge on any atom is 0.409 e. The first-order valence-electron chi connectivity index (χ1n) is 7.83. The molecule has 1 amide bonds. The highest BCUT2D eigenvalue weighted by atomic mass is 19.4. The van der Waals surface area contributed by atoms with Gasteiger partial charge in [-0.05, 0) is 36.9 Å². The highest BCUT2D eigenvalue weighted by Gasteiger charge is 2.51. The SMILES string of the molecule is CC1(C)CN([C@@H](c2ccc([N+](=O)[O-])c3ccccc23)C(F)(F)F)NC1=O. The molecule has 0 saturated carbocycles. The number of amides is 1. The molecule has 3 rings (SSSR count). The number of nitro groups is 1. The fraction of sp³-hybridized carbons (Fsp3) is 0.353. The van der Waals surface area contributed by atoms with Crippen molar-refractivity contribution in [1.29, 1.82) is 0 Å². The van der Waals surface area contributed by atoms with Crippen LogP contribution >= 0.6 is 0 Å². The summed E-state index contributed by atoms with van der Waals surface area (Å²) in [6, 6.07) is 5.95. The average Bonchev–Trinajstić information content (AvgIpc) is 2.78. The third-order valence-corrected chi connectivity index (χ3v) is 4.47. The Hall–Kier alpha value is -2.68. The minimum Gasteiger partial charge on any atom is -0.287 e. The Morgan fingerprint density at radius 2 is 1.81 bits per heavy atom. The van der Waals surface area contributed by atoms with E-state index in [0.717, 1.165) is 17.1 Å². The van der Waals surface area contributed by atoms with Crippen LogP contribution in [0.5, 0.6) is 0 Å². The van der Waals surface area contributed by atoms with Crippen LogP contribution in [0.3, 0.4) is 0 Å². The maximum absolute atomic E-state index is 13.9. The molecule has 1 fully saturated rings. The normalized spacial score (nSPS) is 18.7. The first-order valence-corrected chi connectivity index (χ1v) is 7.83. The molecule has 2 aromatic rings. The Kier molecular flexibility index (Phi) is 4.14. The van der Waals surface area contributed by atoms with Gasteiger partial charge in [0, 0.05) is 12.6 Å². The molecule has 0 unspecified atom stereocenters. The molecular formula is C17H16F3N3O3. The van der Waals surface area contributed by atoms with Gasteiger partial charge in [0.25, 0.3) is 5.69 Å². The zero-order valence-corrected chi connectivity index (χ0v) is 14.0. The summed E-state index contributed by atoms with van der Waals surface area (Å²) in [4.78, 5) is 22.5. The minimum absolute atomic E-state index is 0.119. The van der Waals surface area contributed by atoms with Gasteiger partial charge in [0.05, 0.1) is 15.7 Å². The number of non-ortho nitro benzene ring substituents is 1. The second-order valence-corrected chi connectivity index (χ2v) is 6.87. The molecular weight excluding hydrogens is 351 g/mol. The lowest BCUT2D eigenvalue weighted by molar-refractivity contribution is -0.383. The largest absolute Gasteiger partial charge is 0.409 e. The van der Waals surface area contributed by atoms with Crippen LogP contribution in [0, 0.1) is 15.5 Å². The number of hydrazine groups is 1. The van der Waals surface area contributed by atoms with Gasteiger partial charge in [-0.1, -0.05) is 18.2 Å². The van der Waals surface area contributed by atoms with Crippen molar-refractivity contribution in [3.63, 3.8) is 0 Å². The number of hydrogen-bond acceptors (Lipinski definition) is 4. The monoisotopic (exact) mass is 367 g/mol. The topological polar surface area (TPSA) is 75.5 Å². The number of alkyl halides is 3. The van der Waals surface area contributed by atoms with E-state index >= 15 is 0 Å². The number of hydrogen-bond donors (Lipinski definition) is 1. The molecule has 1 atom stereocenters. The van der Waals surface area contributed by atoms with Crippen molar-refractivity contribution in [3.8, 4) is 0 Å². The van der Waals surface area contributed by atoms with Gasteiger partial charge in [0.2, 0.25) is 5.91 Å². The van der Waals surface area contributed by atoms with Crippen molar-refractivity contribution in [2.75, 3.05) is 6.54 Å². The molecule has 2 aromatic carbocycles. The summed E-state index contributed by atoms with van der Waals surface area (Å²) in [7, 11) is 0. The van der Waals surface area contributed by atoms with Crippen molar-refractivity contribution in [3.05, 3.63) is 52.1 Å². The number of fused-ring (bicyclic) bond motifs is 1. The summed E-state index contributed by atoms with van der Waals surface area (Å²) in [5, 5.41) is 12.3. The third kappa shape index (κ3) is 2.98. The van der Waals surface area contributed by atoms with Gasteiger partial charge in [-0.3, -0.25) is 20.3 Å². The van der Waals surface area contributed by atoms with Crippen molar-refractivity contribution < 1.29 is 22.9 Å². The van der Waals surface area contributed by atoms with E-state index in [1.54, 1.807) is 13.8 Å². The fourth-order valence-electron chi connectivity index (χ4n) is 3.20.